The van der Waals surface area contributed by atoms with Crippen LogP contribution in [0.3, 0.4) is 0 Å². The second-order valence-electron chi connectivity index (χ2n) is 5.83. The first kappa shape index (κ1) is 22.8. The molecule has 0 atom stereocenters. The smallest absolute Gasteiger partial charge is 0.162 e. The van der Waals surface area contributed by atoms with Crippen molar-refractivity contribution >= 4 is 63.7 Å². The van der Waals surface area contributed by atoms with Crippen molar-refractivity contribution in [1.29, 1.82) is 0 Å². The molecule has 0 unspecified atom stereocenters. The maximum absolute atomic E-state index is 8.76. The molecule has 0 bridgehead atoms. The SMILES string of the molecule is CC1(C)OCC(CBr)(CBr)CO1.OCC(CO)(CBr)CBr. The summed E-state index contributed by atoms with van der Waals surface area (Å²) in [7, 11) is 0. The molecule has 0 amide bonds. The molecule has 2 N–H and O–H groups in total. The minimum Gasteiger partial charge on any atom is -0.396 e. The van der Waals surface area contributed by atoms with Crippen molar-refractivity contribution in [2.45, 2.75) is 19.6 Å². The third kappa shape index (κ3) is 7.45. The molecule has 1 fully saturated rings. The minimum atomic E-state index is -0.409. The fraction of sp³-hybridized carbons (Fsp3) is 1.00. The number of aliphatic hydroxyl groups excluding tert-OH is 2. The van der Waals surface area contributed by atoms with Crippen molar-refractivity contribution in [3.8, 4) is 0 Å². The topological polar surface area (TPSA) is 58.9 Å². The lowest BCUT2D eigenvalue weighted by molar-refractivity contribution is -0.276. The van der Waals surface area contributed by atoms with Crippen LogP contribution in [-0.2, 0) is 9.47 Å². The van der Waals surface area contributed by atoms with Crippen molar-refractivity contribution in [2.75, 3.05) is 47.7 Å². The Bertz CT molecular complexity index is 252. The van der Waals surface area contributed by atoms with Crippen LogP contribution in [0.1, 0.15) is 13.8 Å². The van der Waals surface area contributed by atoms with Gasteiger partial charge in [-0.05, 0) is 13.8 Å². The van der Waals surface area contributed by atoms with E-state index in [9.17, 15) is 0 Å². The van der Waals surface area contributed by atoms with Crippen molar-refractivity contribution in [3.63, 3.8) is 0 Å². The molecule has 0 aliphatic carbocycles. The van der Waals surface area contributed by atoms with Crippen molar-refractivity contribution in [3.05, 3.63) is 0 Å². The summed E-state index contributed by atoms with van der Waals surface area (Å²) in [4.78, 5) is 0. The third-order valence-electron chi connectivity index (χ3n) is 3.26. The maximum atomic E-state index is 8.76. The Balaban J connectivity index is 0.000000400. The van der Waals surface area contributed by atoms with E-state index in [-0.39, 0.29) is 24.0 Å². The highest BCUT2D eigenvalue weighted by Crippen LogP contribution is 2.32. The molecule has 0 radical (unpaired) electrons. The zero-order valence-corrected chi connectivity index (χ0v) is 18.7. The van der Waals surface area contributed by atoms with Gasteiger partial charge in [-0.15, -0.1) is 0 Å². The largest absolute Gasteiger partial charge is 0.396 e. The van der Waals surface area contributed by atoms with Gasteiger partial charge in [-0.3, -0.25) is 0 Å². The third-order valence-corrected chi connectivity index (χ3v) is 8.01. The van der Waals surface area contributed by atoms with E-state index in [1.807, 2.05) is 13.8 Å². The summed E-state index contributed by atoms with van der Waals surface area (Å²) in [5.41, 5.74) is -0.282. The van der Waals surface area contributed by atoms with Gasteiger partial charge >= 0.3 is 0 Å². The van der Waals surface area contributed by atoms with Crippen LogP contribution in [0, 0.1) is 10.8 Å². The molecule has 1 aliphatic rings. The molecule has 8 heteroatoms. The Morgan fingerprint density at radius 2 is 1.29 bits per heavy atom. The van der Waals surface area contributed by atoms with Crippen molar-refractivity contribution in [2.24, 2.45) is 10.8 Å². The Morgan fingerprint density at radius 3 is 1.48 bits per heavy atom. The van der Waals surface area contributed by atoms with E-state index in [1.54, 1.807) is 0 Å². The van der Waals surface area contributed by atoms with Crippen LogP contribution in [-0.4, -0.2) is 63.7 Å². The zero-order valence-electron chi connectivity index (χ0n) is 12.4. The van der Waals surface area contributed by atoms with E-state index < -0.39 is 5.79 Å². The van der Waals surface area contributed by atoms with Gasteiger partial charge in [0.1, 0.15) is 0 Å². The molecule has 0 aromatic rings. The van der Waals surface area contributed by atoms with Crippen LogP contribution < -0.4 is 0 Å². The van der Waals surface area contributed by atoms with E-state index in [4.69, 9.17) is 19.7 Å². The Kier molecular flexibility index (Phi) is 11.5. The summed E-state index contributed by atoms with van der Waals surface area (Å²) in [6, 6.07) is 0. The second-order valence-corrected chi connectivity index (χ2v) is 8.07. The molecule has 1 heterocycles. The van der Waals surface area contributed by atoms with E-state index >= 15 is 0 Å². The zero-order chi connectivity index (χ0) is 16.6. The van der Waals surface area contributed by atoms with E-state index in [0.29, 0.717) is 10.7 Å². The standard InChI is InChI=1S/C8H14Br2O2.C5H10Br2O2/c1-7(2)11-5-8(3-9,4-10)6-12-7;6-1-5(2-7,3-8)4-9/h3-6H2,1-2H3;8-9H,1-4H2. The lowest BCUT2D eigenvalue weighted by Gasteiger charge is -2.41. The van der Waals surface area contributed by atoms with Crippen molar-refractivity contribution in [1.82, 2.24) is 0 Å². The highest BCUT2D eigenvalue weighted by molar-refractivity contribution is 9.10. The van der Waals surface area contributed by atoms with Gasteiger partial charge in [-0.2, -0.15) is 0 Å². The molecule has 0 aromatic heterocycles. The molecule has 1 saturated heterocycles. The molecule has 21 heavy (non-hydrogen) atoms. The first-order chi connectivity index (χ1) is 9.78. The summed E-state index contributed by atoms with van der Waals surface area (Å²) in [5.74, 6) is -0.409. The number of alkyl halides is 4. The van der Waals surface area contributed by atoms with Crippen molar-refractivity contribution < 1.29 is 19.7 Å². The van der Waals surface area contributed by atoms with E-state index in [1.165, 1.54) is 0 Å². The quantitative estimate of drug-likeness (QED) is 0.487. The van der Waals surface area contributed by atoms with Crippen LogP contribution in [0.2, 0.25) is 0 Å². The Morgan fingerprint density at radius 1 is 0.905 bits per heavy atom. The van der Waals surface area contributed by atoms with Gasteiger partial charge in [0.25, 0.3) is 0 Å². The summed E-state index contributed by atoms with van der Waals surface area (Å²) >= 11 is 13.4. The normalized spacial score (nSPS) is 20.6. The van der Waals surface area contributed by atoms with E-state index in [0.717, 1.165) is 23.9 Å². The van der Waals surface area contributed by atoms with Crippen LogP contribution >= 0.6 is 63.7 Å². The number of ether oxygens (including phenoxy) is 2. The molecular formula is C13H24Br4O4. The first-order valence-corrected chi connectivity index (χ1v) is 11.0. The van der Waals surface area contributed by atoms with Crippen LogP contribution in [0.15, 0.2) is 0 Å². The molecule has 1 aliphatic heterocycles. The molecule has 1 rings (SSSR count). The van der Waals surface area contributed by atoms with Gasteiger partial charge in [0, 0.05) is 32.2 Å². The number of hydrogen-bond donors (Lipinski definition) is 2. The fourth-order valence-corrected chi connectivity index (χ4v) is 4.40. The van der Waals surface area contributed by atoms with Gasteiger partial charge in [0.05, 0.1) is 26.4 Å². The predicted octanol–water partition coefficient (Wildman–Crippen LogP) is 3.29. The monoisotopic (exact) mass is 560 g/mol. The van der Waals surface area contributed by atoms with Gasteiger partial charge in [-0.1, -0.05) is 63.7 Å². The van der Waals surface area contributed by atoms with Gasteiger partial charge in [0.2, 0.25) is 0 Å². The second kappa shape index (κ2) is 10.6. The van der Waals surface area contributed by atoms with Gasteiger partial charge in [0.15, 0.2) is 5.79 Å². The molecule has 4 nitrogen and oxygen atoms in total. The lowest BCUT2D eigenvalue weighted by atomic mass is 9.95. The molecular weight excluding hydrogens is 540 g/mol. The molecule has 0 saturated carbocycles. The number of halogens is 4. The lowest BCUT2D eigenvalue weighted by Crippen LogP contribution is -2.48. The highest BCUT2D eigenvalue weighted by atomic mass is 79.9. The number of aliphatic hydroxyl groups is 2. The number of hydrogen-bond acceptors (Lipinski definition) is 4. The average molecular weight is 564 g/mol. The number of rotatable bonds is 6. The summed E-state index contributed by atoms with van der Waals surface area (Å²) in [6.45, 7) is 5.38. The molecule has 0 spiro atoms. The van der Waals surface area contributed by atoms with Gasteiger partial charge < -0.3 is 19.7 Å². The summed E-state index contributed by atoms with van der Waals surface area (Å²) in [5, 5.41) is 20.5. The van der Waals surface area contributed by atoms with Crippen LogP contribution in [0.4, 0.5) is 0 Å². The minimum absolute atomic E-state index is 0. The summed E-state index contributed by atoms with van der Waals surface area (Å²) in [6.07, 6.45) is 0. The predicted molar refractivity (Wildman–Crippen MR) is 100 cm³/mol. The molecule has 128 valence electrons. The molecule has 0 aromatic carbocycles. The first-order valence-electron chi connectivity index (χ1n) is 6.52. The van der Waals surface area contributed by atoms with Gasteiger partial charge in [-0.25, -0.2) is 0 Å². The maximum Gasteiger partial charge on any atom is 0.162 e. The Labute approximate surface area is 160 Å². The van der Waals surface area contributed by atoms with Crippen LogP contribution in [0.25, 0.3) is 0 Å². The Hall–Kier alpha value is 1.76. The fourth-order valence-electron chi connectivity index (χ4n) is 1.18. The van der Waals surface area contributed by atoms with E-state index in [2.05, 4.69) is 63.7 Å². The average Bonchev–Trinajstić information content (AvgIpc) is 2.52. The van der Waals surface area contributed by atoms with Crippen LogP contribution in [0.5, 0.6) is 0 Å². The summed E-state index contributed by atoms with van der Waals surface area (Å²) < 4.78 is 11.2. The highest BCUT2D eigenvalue weighted by Gasteiger charge is 2.38.